The first kappa shape index (κ1) is 22.6. The van der Waals surface area contributed by atoms with Crippen LogP contribution in [0, 0.1) is 11.3 Å². The number of benzene rings is 1. The SMILES string of the molecule is C=[N+]1NN(C)C=C1c1ccc2cnc(NC(=O)C3CCN(CC4(C(F)(F)F)CC4)CC3)nc2c1. The maximum absolute atomic E-state index is 13.2. The number of likely N-dealkylation sites (tertiary alicyclic amines) is 1. The van der Waals surface area contributed by atoms with Crippen molar-refractivity contribution in [2.24, 2.45) is 11.3 Å². The summed E-state index contributed by atoms with van der Waals surface area (Å²) >= 11 is 0. The molecule has 11 heteroatoms. The molecule has 8 nitrogen and oxygen atoms in total. The minimum atomic E-state index is -4.15. The summed E-state index contributed by atoms with van der Waals surface area (Å²) in [5, 5.41) is 5.42. The highest BCUT2D eigenvalue weighted by molar-refractivity contribution is 5.92. The van der Waals surface area contributed by atoms with Gasteiger partial charge in [-0.25, -0.2) is 15.0 Å². The van der Waals surface area contributed by atoms with E-state index in [9.17, 15) is 18.0 Å². The molecule has 1 aromatic heterocycles. The molecule has 3 heterocycles. The highest BCUT2D eigenvalue weighted by atomic mass is 19.4. The number of piperidine rings is 1. The number of aromatic nitrogens is 2. The van der Waals surface area contributed by atoms with Crippen molar-refractivity contribution in [2.75, 3.05) is 32.0 Å². The molecule has 1 saturated carbocycles. The van der Waals surface area contributed by atoms with E-state index in [1.807, 2.05) is 36.3 Å². The summed E-state index contributed by atoms with van der Waals surface area (Å²) < 4.78 is 41.4. The molecule has 3 aliphatic rings. The predicted octanol–water partition coefficient (Wildman–Crippen LogP) is 3.00. The second-order valence-electron chi connectivity index (χ2n) is 9.44. The molecule has 0 unspecified atom stereocenters. The number of hydrogen-bond acceptors (Lipinski definition) is 6. The molecule has 2 aromatic rings. The van der Waals surface area contributed by atoms with Crippen molar-refractivity contribution < 1.29 is 22.7 Å². The zero-order valence-corrected chi connectivity index (χ0v) is 18.9. The lowest BCUT2D eigenvalue weighted by atomic mass is 9.94. The second-order valence-corrected chi connectivity index (χ2v) is 9.44. The number of rotatable bonds is 5. The van der Waals surface area contributed by atoms with Crippen LogP contribution in [0.2, 0.25) is 0 Å². The van der Waals surface area contributed by atoms with Crippen molar-refractivity contribution in [2.45, 2.75) is 31.9 Å². The molecule has 1 amide bonds. The molecule has 0 bridgehead atoms. The van der Waals surface area contributed by atoms with E-state index < -0.39 is 11.6 Å². The van der Waals surface area contributed by atoms with E-state index in [1.54, 1.807) is 15.9 Å². The highest BCUT2D eigenvalue weighted by Gasteiger charge is 2.63. The molecule has 1 aliphatic carbocycles. The highest BCUT2D eigenvalue weighted by Crippen LogP contribution is 2.58. The van der Waals surface area contributed by atoms with E-state index in [-0.39, 0.29) is 37.2 Å². The number of amides is 1. The quantitative estimate of drug-likeness (QED) is 0.649. The number of fused-ring (bicyclic) bond motifs is 1. The van der Waals surface area contributed by atoms with E-state index in [0.717, 1.165) is 16.6 Å². The molecule has 1 saturated heterocycles. The Labute approximate surface area is 195 Å². The van der Waals surface area contributed by atoms with Gasteiger partial charge in [-0.3, -0.25) is 10.1 Å². The summed E-state index contributed by atoms with van der Waals surface area (Å²) in [6.45, 7) is 4.94. The Morgan fingerprint density at radius 1 is 1.32 bits per heavy atom. The monoisotopic (exact) mass is 474 g/mol. The van der Waals surface area contributed by atoms with Crippen LogP contribution in [0.3, 0.4) is 0 Å². The van der Waals surface area contributed by atoms with Crippen LogP contribution in [-0.2, 0) is 4.79 Å². The van der Waals surface area contributed by atoms with Crippen molar-refractivity contribution in [3.05, 3.63) is 36.2 Å². The first-order valence-corrected chi connectivity index (χ1v) is 11.3. The minimum absolute atomic E-state index is 0.0351. The molecule has 2 N–H and O–H groups in total. The molecule has 2 fully saturated rings. The summed E-state index contributed by atoms with van der Waals surface area (Å²) in [5.74, 6) is -0.249. The first-order chi connectivity index (χ1) is 16.1. The second kappa shape index (κ2) is 8.23. The third-order valence-electron chi connectivity index (χ3n) is 6.94. The van der Waals surface area contributed by atoms with Crippen molar-refractivity contribution in [1.29, 1.82) is 0 Å². The van der Waals surface area contributed by atoms with Gasteiger partial charge >= 0.3 is 6.18 Å². The zero-order valence-electron chi connectivity index (χ0n) is 18.9. The van der Waals surface area contributed by atoms with E-state index in [0.29, 0.717) is 31.4 Å². The number of nitrogens with one attached hydrogen (secondary N) is 2. The summed E-state index contributed by atoms with van der Waals surface area (Å²) in [5.41, 5.74) is 3.96. The standard InChI is InChI=1S/C23H26F3N7O/c1-31-13-19(32(2)30-31)16-3-4-17-12-27-21(28-18(17)11-16)29-20(34)15-5-9-33(10-6-15)14-22(7-8-22)23(24,25)26/h3-4,11-13,15,30H,2,5-10,14H2,1H3/p+1. The van der Waals surface area contributed by atoms with Gasteiger partial charge in [0.25, 0.3) is 5.70 Å². The van der Waals surface area contributed by atoms with Crippen molar-refractivity contribution >= 4 is 35.2 Å². The van der Waals surface area contributed by atoms with Crippen LogP contribution in [0.25, 0.3) is 16.6 Å². The third-order valence-corrected chi connectivity index (χ3v) is 6.94. The average Bonchev–Trinajstić information content (AvgIpc) is 3.50. The van der Waals surface area contributed by atoms with Crippen LogP contribution in [0.1, 0.15) is 31.2 Å². The summed E-state index contributed by atoms with van der Waals surface area (Å²) in [6.07, 6.45) is 0.860. The van der Waals surface area contributed by atoms with Crippen LogP contribution in [-0.4, -0.2) is 70.0 Å². The van der Waals surface area contributed by atoms with E-state index in [4.69, 9.17) is 0 Å². The maximum Gasteiger partial charge on any atom is 0.395 e. The lowest BCUT2D eigenvalue weighted by Crippen LogP contribution is -2.44. The van der Waals surface area contributed by atoms with Gasteiger partial charge in [0.1, 0.15) is 6.20 Å². The van der Waals surface area contributed by atoms with Crippen molar-refractivity contribution in [3.63, 3.8) is 0 Å². The molecule has 1 aromatic carbocycles. The van der Waals surface area contributed by atoms with Gasteiger partial charge in [0.15, 0.2) is 6.72 Å². The van der Waals surface area contributed by atoms with Gasteiger partial charge < -0.3 is 4.90 Å². The molecule has 0 radical (unpaired) electrons. The van der Waals surface area contributed by atoms with Gasteiger partial charge in [-0.2, -0.15) is 13.2 Å². The Hall–Kier alpha value is -3.21. The van der Waals surface area contributed by atoms with Crippen molar-refractivity contribution in [1.82, 2.24) is 25.4 Å². The van der Waals surface area contributed by atoms with Crippen molar-refractivity contribution in [3.8, 4) is 0 Å². The fourth-order valence-electron chi connectivity index (χ4n) is 4.68. The van der Waals surface area contributed by atoms with E-state index >= 15 is 0 Å². The van der Waals surface area contributed by atoms with Gasteiger partial charge in [-0.05, 0) is 50.9 Å². The zero-order chi connectivity index (χ0) is 24.1. The minimum Gasteiger partial charge on any atom is -0.302 e. The van der Waals surface area contributed by atoms with E-state index in [1.165, 1.54) is 0 Å². The molecule has 0 atom stereocenters. The van der Waals surface area contributed by atoms with Crippen LogP contribution in [0.15, 0.2) is 30.6 Å². The van der Waals surface area contributed by atoms with Gasteiger partial charge in [0, 0.05) is 31.1 Å². The lowest BCUT2D eigenvalue weighted by Gasteiger charge is -2.34. The normalized spacial score (nSPS) is 20.9. The van der Waals surface area contributed by atoms with Gasteiger partial charge in [0.05, 0.1) is 16.5 Å². The number of hydrogen-bond donors (Lipinski definition) is 2. The number of carbonyl (C=O) groups excluding carboxylic acids is 1. The summed E-state index contributed by atoms with van der Waals surface area (Å²) in [6, 6.07) is 5.77. The Morgan fingerprint density at radius 3 is 2.68 bits per heavy atom. The maximum atomic E-state index is 13.2. The topological polar surface area (TPSA) is 76.4 Å². The Morgan fingerprint density at radius 2 is 2.06 bits per heavy atom. The molecular formula is C23H27F3N7O+. The molecule has 34 heavy (non-hydrogen) atoms. The smallest absolute Gasteiger partial charge is 0.302 e. The number of hydrazine groups is 2. The average molecular weight is 475 g/mol. The fraction of sp³-hybridized carbons (Fsp3) is 0.478. The molecule has 0 spiro atoms. The third kappa shape index (κ3) is 4.31. The molecule has 180 valence electrons. The summed E-state index contributed by atoms with van der Waals surface area (Å²) in [4.78, 5) is 23.4. The summed E-state index contributed by atoms with van der Waals surface area (Å²) in [7, 11) is 1.87. The van der Waals surface area contributed by atoms with Crippen LogP contribution in [0.5, 0.6) is 0 Å². The van der Waals surface area contributed by atoms with Gasteiger partial charge in [0.2, 0.25) is 11.9 Å². The number of hydrazone groups is 1. The number of carbonyl (C=O) groups is 1. The molecular weight excluding hydrogens is 447 g/mol. The fourth-order valence-corrected chi connectivity index (χ4v) is 4.68. The lowest BCUT2D eigenvalue weighted by molar-refractivity contribution is -0.508. The first-order valence-electron chi connectivity index (χ1n) is 11.3. The number of nitrogens with zero attached hydrogens (tertiary/aromatic N) is 5. The Bertz CT molecular complexity index is 1170. The Balaban J connectivity index is 1.22. The van der Waals surface area contributed by atoms with Gasteiger partial charge in [-0.15, -0.1) is 0 Å². The molecule has 2 aliphatic heterocycles. The molecule has 5 rings (SSSR count). The van der Waals surface area contributed by atoms with Gasteiger partial charge in [-0.1, -0.05) is 16.3 Å². The van der Waals surface area contributed by atoms with Crippen LogP contribution < -0.4 is 10.9 Å². The van der Waals surface area contributed by atoms with Crippen LogP contribution >= 0.6 is 0 Å². The van der Waals surface area contributed by atoms with Crippen LogP contribution in [0.4, 0.5) is 19.1 Å². The number of anilines is 1. The van der Waals surface area contributed by atoms with E-state index in [2.05, 4.69) is 27.5 Å². The Kier molecular flexibility index (Phi) is 5.46. The number of alkyl halides is 3. The largest absolute Gasteiger partial charge is 0.395 e. The predicted molar refractivity (Wildman–Crippen MR) is 121 cm³/mol. The number of halogens is 3.